The smallest absolute Gasteiger partial charge is 0.408 e. The lowest BCUT2D eigenvalue weighted by atomic mass is 9.90. The number of ether oxygens (including phenoxy) is 1. The molecule has 2 aromatic rings. The van der Waals surface area contributed by atoms with Crippen molar-refractivity contribution in [2.75, 3.05) is 0 Å². The van der Waals surface area contributed by atoms with Crippen molar-refractivity contribution in [3.63, 3.8) is 0 Å². The molecule has 0 bridgehead atoms. The minimum Gasteiger partial charge on any atom is -0.444 e. The molecule has 0 spiro atoms. The van der Waals surface area contributed by atoms with Crippen molar-refractivity contribution in [1.82, 2.24) is 15.5 Å². The van der Waals surface area contributed by atoms with E-state index in [9.17, 15) is 14.4 Å². The average molecular weight is 548 g/mol. The largest absolute Gasteiger partial charge is 0.444 e. The van der Waals surface area contributed by atoms with Crippen molar-refractivity contribution < 1.29 is 19.1 Å². The second-order valence-electron chi connectivity index (χ2n) is 12.1. The number of hydrogen-bond acceptors (Lipinski definition) is 4. The molecular weight excluding hydrogens is 502 g/mol. The maximum Gasteiger partial charge on any atom is 0.408 e. The Hall–Kier alpha value is -3.79. The third-order valence-corrected chi connectivity index (χ3v) is 6.66. The number of alkyl carbamates (subject to hydrolysis) is 1. The van der Waals surface area contributed by atoms with Gasteiger partial charge in [-0.1, -0.05) is 69.2 Å². The van der Waals surface area contributed by atoms with Gasteiger partial charge in [-0.25, -0.2) is 4.79 Å². The number of benzene rings is 2. The molecule has 0 saturated carbocycles. The zero-order valence-corrected chi connectivity index (χ0v) is 25.2. The highest BCUT2D eigenvalue weighted by molar-refractivity contribution is 5.92. The molecule has 2 rings (SSSR count). The Labute approximate surface area is 240 Å². The van der Waals surface area contributed by atoms with Crippen LogP contribution in [0, 0.1) is 18.3 Å². The molecule has 7 heteroatoms. The molecule has 2 aromatic carbocycles. The summed E-state index contributed by atoms with van der Waals surface area (Å²) in [6, 6.07) is 14.8. The van der Waals surface area contributed by atoms with Crippen LogP contribution in [-0.2, 0) is 20.9 Å². The first-order chi connectivity index (χ1) is 18.7. The van der Waals surface area contributed by atoms with Crippen LogP contribution < -0.4 is 10.6 Å². The molecule has 0 saturated heterocycles. The summed E-state index contributed by atoms with van der Waals surface area (Å²) >= 11 is 0. The van der Waals surface area contributed by atoms with Gasteiger partial charge in [-0.15, -0.1) is 6.42 Å². The molecule has 0 aliphatic heterocycles. The molecule has 3 amide bonds. The zero-order chi connectivity index (χ0) is 30.1. The lowest BCUT2D eigenvalue weighted by Gasteiger charge is -2.44. The lowest BCUT2D eigenvalue weighted by molar-refractivity contribution is -0.149. The van der Waals surface area contributed by atoms with Crippen molar-refractivity contribution in [2.24, 2.45) is 5.92 Å². The highest BCUT2D eigenvalue weighted by Gasteiger charge is 2.43. The quantitative estimate of drug-likeness (QED) is 0.339. The molecular formula is C33H45N3O4. The van der Waals surface area contributed by atoms with Gasteiger partial charge in [-0.05, 0) is 76.6 Å². The van der Waals surface area contributed by atoms with Gasteiger partial charge in [-0.2, -0.15) is 0 Å². The Morgan fingerprint density at radius 3 is 2.08 bits per heavy atom. The van der Waals surface area contributed by atoms with Crippen molar-refractivity contribution in [2.45, 2.75) is 98.0 Å². The summed E-state index contributed by atoms with van der Waals surface area (Å²) in [5.74, 6) is 2.01. The summed E-state index contributed by atoms with van der Waals surface area (Å²) in [5, 5.41) is 5.82. The van der Waals surface area contributed by atoms with E-state index in [1.165, 1.54) is 0 Å². The van der Waals surface area contributed by atoms with Gasteiger partial charge in [0.1, 0.15) is 17.7 Å². The number of amides is 3. The molecule has 0 heterocycles. The van der Waals surface area contributed by atoms with Crippen molar-refractivity contribution in [3.8, 4) is 12.3 Å². The fraction of sp³-hybridized carbons (Fsp3) is 0.485. The second-order valence-corrected chi connectivity index (χ2v) is 12.1. The van der Waals surface area contributed by atoms with Crippen LogP contribution in [0.4, 0.5) is 4.79 Å². The predicted molar refractivity (Wildman–Crippen MR) is 159 cm³/mol. The summed E-state index contributed by atoms with van der Waals surface area (Å²) < 4.78 is 5.48. The van der Waals surface area contributed by atoms with E-state index >= 15 is 0 Å². The first-order valence-electron chi connectivity index (χ1n) is 13.9. The number of nitrogens with one attached hydrogen (secondary N) is 2. The van der Waals surface area contributed by atoms with Crippen LogP contribution in [0.3, 0.4) is 0 Å². The SMILES string of the molecule is C#Cc1ccc(C(C(=O)NCc2ccccc2)N(C(=O)C(CC(C)C)NC(=O)OC(C)(C)C)C(C)(C)CC)cc1. The van der Waals surface area contributed by atoms with E-state index in [2.05, 4.69) is 16.6 Å². The van der Waals surface area contributed by atoms with Gasteiger partial charge >= 0.3 is 6.09 Å². The van der Waals surface area contributed by atoms with Crippen LogP contribution >= 0.6 is 0 Å². The zero-order valence-electron chi connectivity index (χ0n) is 25.2. The Morgan fingerprint density at radius 2 is 1.57 bits per heavy atom. The monoisotopic (exact) mass is 547 g/mol. The number of terminal acetylenes is 1. The predicted octanol–water partition coefficient (Wildman–Crippen LogP) is 5.98. The van der Waals surface area contributed by atoms with E-state index in [0.717, 1.165) is 5.56 Å². The molecule has 0 aliphatic rings. The Kier molecular flexibility index (Phi) is 11.4. The van der Waals surface area contributed by atoms with Gasteiger partial charge in [-0.3, -0.25) is 9.59 Å². The number of carbonyl (C=O) groups is 3. The number of nitrogens with zero attached hydrogens (tertiary/aromatic N) is 1. The van der Waals surface area contributed by atoms with Crippen LogP contribution in [-0.4, -0.2) is 40.0 Å². The number of rotatable bonds is 11. The van der Waals surface area contributed by atoms with Gasteiger partial charge < -0.3 is 20.3 Å². The van der Waals surface area contributed by atoms with Gasteiger partial charge in [0.25, 0.3) is 0 Å². The summed E-state index contributed by atoms with van der Waals surface area (Å²) in [7, 11) is 0. The van der Waals surface area contributed by atoms with Gasteiger partial charge in [0, 0.05) is 17.6 Å². The van der Waals surface area contributed by atoms with Crippen LogP contribution in [0.2, 0.25) is 0 Å². The lowest BCUT2D eigenvalue weighted by Crippen LogP contribution is -2.59. The maximum absolute atomic E-state index is 14.4. The molecule has 2 N–H and O–H groups in total. The highest BCUT2D eigenvalue weighted by atomic mass is 16.6. The van der Waals surface area contributed by atoms with Crippen LogP contribution in [0.15, 0.2) is 54.6 Å². The molecule has 0 aromatic heterocycles. The van der Waals surface area contributed by atoms with Crippen LogP contribution in [0.1, 0.15) is 91.0 Å². The minimum atomic E-state index is -0.965. The Morgan fingerprint density at radius 1 is 0.975 bits per heavy atom. The van der Waals surface area contributed by atoms with Gasteiger partial charge in [0.05, 0.1) is 0 Å². The molecule has 2 atom stereocenters. The maximum atomic E-state index is 14.4. The molecule has 0 fully saturated rings. The van der Waals surface area contributed by atoms with Crippen molar-refractivity contribution in [1.29, 1.82) is 0 Å². The summed E-state index contributed by atoms with van der Waals surface area (Å²) in [6.07, 6.45) is 5.85. The van der Waals surface area contributed by atoms with Gasteiger partial charge in [0.15, 0.2) is 0 Å². The number of hydrogen-bond donors (Lipinski definition) is 2. The Bertz CT molecular complexity index is 1170. The average Bonchev–Trinajstić information content (AvgIpc) is 2.88. The van der Waals surface area contributed by atoms with Crippen LogP contribution in [0.25, 0.3) is 0 Å². The molecule has 0 aliphatic carbocycles. The normalized spacial score (nSPS) is 13.1. The fourth-order valence-electron chi connectivity index (χ4n) is 4.32. The van der Waals surface area contributed by atoms with E-state index in [4.69, 9.17) is 11.2 Å². The van der Waals surface area contributed by atoms with E-state index in [1.54, 1.807) is 49.9 Å². The van der Waals surface area contributed by atoms with E-state index < -0.39 is 29.3 Å². The Balaban J connectivity index is 2.58. The third-order valence-electron chi connectivity index (χ3n) is 6.66. The topological polar surface area (TPSA) is 87.7 Å². The van der Waals surface area contributed by atoms with E-state index in [0.29, 0.717) is 30.5 Å². The van der Waals surface area contributed by atoms with E-state index in [-0.39, 0.29) is 17.7 Å². The summed E-state index contributed by atoms with van der Waals surface area (Å²) in [5.41, 5.74) is 0.774. The molecule has 40 heavy (non-hydrogen) atoms. The van der Waals surface area contributed by atoms with Crippen molar-refractivity contribution >= 4 is 17.9 Å². The fourth-order valence-corrected chi connectivity index (χ4v) is 4.32. The molecule has 2 unspecified atom stereocenters. The summed E-state index contributed by atoms with van der Waals surface area (Å²) in [4.78, 5) is 42.8. The molecule has 7 nitrogen and oxygen atoms in total. The minimum absolute atomic E-state index is 0.0933. The van der Waals surface area contributed by atoms with Gasteiger partial charge in [0.2, 0.25) is 11.8 Å². The molecule has 0 radical (unpaired) electrons. The second kappa shape index (κ2) is 14.0. The van der Waals surface area contributed by atoms with E-state index in [1.807, 2.05) is 65.0 Å². The number of carbonyl (C=O) groups excluding carboxylic acids is 3. The summed E-state index contributed by atoms with van der Waals surface area (Å²) in [6.45, 7) is 15.4. The standard InChI is InChI=1S/C33H45N3O4/c1-10-24-17-19-26(20-18-24)28(29(37)34-22-25-15-13-12-14-16-25)36(33(8,9)11-2)30(38)27(21-23(3)4)35-31(39)40-32(5,6)7/h1,12-20,23,27-28H,11,21-22H2,2-9H3,(H,34,37)(H,35,39). The first-order valence-corrected chi connectivity index (χ1v) is 13.9. The van der Waals surface area contributed by atoms with Crippen LogP contribution in [0.5, 0.6) is 0 Å². The highest BCUT2D eigenvalue weighted by Crippen LogP contribution is 2.33. The van der Waals surface area contributed by atoms with Crippen molar-refractivity contribution in [3.05, 3.63) is 71.3 Å². The third kappa shape index (κ3) is 9.44. The first kappa shape index (κ1) is 32.4. The molecule has 216 valence electrons.